The molecule has 1 fully saturated rings. The van der Waals surface area contributed by atoms with Gasteiger partial charge in [-0.05, 0) is 31.5 Å². The fraction of sp³-hybridized carbons (Fsp3) is 0.462. The molecule has 90 valence electrons. The van der Waals surface area contributed by atoms with Crippen molar-refractivity contribution >= 4 is 17.1 Å². The summed E-state index contributed by atoms with van der Waals surface area (Å²) in [5, 5.41) is 4.29. The number of aromatic nitrogens is 2. The zero-order valence-electron chi connectivity index (χ0n) is 9.69. The molecule has 17 heavy (non-hydrogen) atoms. The lowest BCUT2D eigenvalue weighted by atomic mass is 10.0. The van der Waals surface area contributed by atoms with Crippen LogP contribution in [0.3, 0.4) is 0 Å². The summed E-state index contributed by atoms with van der Waals surface area (Å²) in [5.74, 6) is 1.06. The molecular formula is C13H16ClN3. The zero-order chi connectivity index (χ0) is 11.7. The molecule has 1 aliphatic heterocycles. The number of rotatable bonds is 2. The summed E-state index contributed by atoms with van der Waals surface area (Å²) in [4.78, 5) is 4.49. The molecule has 1 aliphatic rings. The molecule has 0 spiro atoms. The highest BCUT2D eigenvalue weighted by Crippen LogP contribution is 2.18. The summed E-state index contributed by atoms with van der Waals surface area (Å²) in [6, 6.07) is 6.46. The Hall–Kier alpha value is -1.06. The summed E-state index contributed by atoms with van der Waals surface area (Å²) in [6.07, 6.45) is 6.69. The van der Waals surface area contributed by atoms with Crippen molar-refractivity contribution in [3.8, 4) is 0 Å². The van der Waals surface area contributed by atoms with Crippen LogP contribution >= 0.6 is 11.6 Å². The van der Waals surface area contributed by atoms with E-state index in [-0.39, 0.29) is 0 Å². The molecule has 2 aromatic heterocycles. The van der Waals surface area contributed by atoms with Crippen LogP contribution in [0.4, 0.5) is 0 Å². The van der Waals surface area contributed by atoms with E-state index < -0.39 is 0 Å². The van der Waals surface area contributed by atoms with E-state index in [9.17, 15) is 0 Å². The SMILES string of the molecule is Clc1cccc2cnc(CC3CCCCN3)n12. The van der Waals surface area contributed by atoms with E-state index in [0.717, 1.165) is 29.5 Å². The molecule has 0 aromatic carbocycles. The molecule has 3 nitrogen and oxygen atoms in total. The van der Waals surface area contributed by atoms with Crippen LogP contribution in [0.5, 0.6) is 0 Å². The van der Waals surface area contributed by atoms with E-state index in [0.29, 0.717) is 6.04 Å². The average molecular weight is 250 g/mol. The minimum atomic E-state index is 0.547. The van der Waals surface area contributed by atoms with Crippen LogP contribution in [0, 0.1) is 0 Å². The Morgan fingerprint density at radius 3 is 3.18 bits per heavy atom. The Labute approximate surface area is 106 Å². The minimum absolute atomic E-state index is 0.547. The third-order valence-corrected chi connectivity index (χ3v) is 3.71. The normalized spacial score (nSPS) is 20.9. The van der Waals surface area contributed by atoms with Crippen LogP contribution in [0.2, 0.25) is 5.15 Å². The van der Waals surface area contributed by atoms with Crippen LogP contribution in [0.25, 0.3) is 5.52 Å². The van der Waals surface area contributed by atoms with Crippen molar-refractivity contribution in [3.05, 3.63) is 35.4 Å². The lowest BCUT2D eigenvalue weighted by molar-refractivity contribution is 0.394. The number of fused-ring (bicyclic) bond motifs is 1. The number of pyridine rings is 1. The maximum Gasteiger partial charge on any atom is 0.115 e. The number of piperidine rings is 1. The summed E-state index contributed by atoms with van der Waals surface area (Å²) in [5.41, 5.74) is 1.07. The van der Waals surface area contributed by atoms with Crippen molar-refractivity contribution in [1.29, 1.82) is 0 Å². The van der Waals surface area contributed by atoms with Gasteiger partial charge in [-0.3, -0.25) is 4.40 Å². The molecule has 1 atom stereocenters. The lowest BCUT2D eigenvalue weighted by Crippen LogP contribution is -2.36. The highest BCUT2D eigenvalue weighted by Gasteiger charge is 2.16. The molecule has 3 heterocycles. The topological polar surface area (TPSA) is 29.3 Å². The van der Waals surface area contributed by atoms with Gasteiger partial charge in [-0.2, -0.15) is 0 Å². The number of hydrogen-bond donors (Lipinski definition) is 1. The molecular weight excluding hydrogens is 234 g/mol. The van der Waals surface area contributed by atoms with Gasteiger partial charge < -0.3 is 5.32 Å². The number of nitrogens with zero attached hydrogens (tertiary/aromatic N) is 2. The van der Waals surface area contributed by atoms with Gasteiger partial charge in [-0.25, -0.2) is 4.98 Å². The molecule has 4 heteroatoms. The van der Waals surface area contributed by atoms with E-state index >= 15 is 0 Å². The van der Waals surface area contributed by atoms with Crippen molar-refractivity contribution in [1.82, 2.24) is 14.7 Å². The number of halogens is 1. The van der Waals surface area contributed by atoms with Gasteiger partial charge in [0.25, 0.3) is 0 Å². The van der Waals surface area contributed by atoms with Crippen molar-refractivity contribution in [2.24, 2.45) is 0 Å². The first-order chi connectivity index (χ1) is 8.34. The maximum absolute atomic E-state index is 6.22. The fourth-order valence-corrected chi connectivity index (χ4v) is 2.80. The predicted molar refractivity (Wildman–Crippen MR) is 69.5 cm³/mol. The highest BCUT2D eigenvalue weighted by molar-refractivity contribution is 6.29. The Morgan fingerprint density at radius 1 is 1.41 bits per heavy atom. The molecule has 0 amide bonds. The summed E-state index contributed by atoms with van der Waals surface area (Å²) >= 11 is 6.22. The Balaban J connectivity index is 1.89. The van der Waals surface area contributed by atoms with Gasteiger partial charge in [-0.1, -0.05) is 24.1 Å². The van der Waals surface area contributed by atoms with Gasteiger partial charge in [0.15, 0.2) is 0 Å². The third-order valence-electron chi connectivity index (χ3n) is 3.42. The predicted octanol–water partition coefficient (Wildman–Crippen LogP) is 2.67. The van der Waals surface area contributed by atoms with E-state index in [1.54, 1.807) is 0 Å². The Bertz CT molecular complexity index is 514. The molecule has 1 saturated heterocycles. The smallest absolute Gasteiger partial charge is 0.115 e. The quantitative estimate of drug-likeness (QED) is 0.830. The molecule has 1 unspecified atom stereocenters. The summed E-state index contributed by atoms with van der Waals surface area (Å²) in [6.45, 7) is 1.13. The van der Waals surface area contributed by atoms with Gasteiger partial charge in [0.2, 0.25) is 0 Å². The average Bonchev–Trinajstić information content (AvgIpc) is 2.75. The van der Waals surface area contributed by atoms with Crippen LogP contribution < -0.4 is 5.32 Å². The van der Waals surface area contributed by atoms with Gasteiger partial charge in [-0.15, -0.1) is 0 Å². The molecule has 0 saturated carbocycles. The first-order valence-electron chi connectivity index (χ1n) is 6.19. The molecule has 0 aliphatic carbocycles. The zero-order valence-corrected chi connectivity index (χ0v) is 10.5. The third kappa shape index (κ3) is 2.17. The Morgan fingerprint density at radius 2 is 2.35 bits per heavy atom. The number of nitrogens with one attached hydrogen (secondary N) is 1. The van der Waals surface area contributed by atoms with E-state index in [4.69, 9.17) is 11.6 Å². The van der Waals surface area contributed by atoms with E-state index in [2.05, 4.69) is 10.3 Å². The standard InChI is InChI=1S/C13H16ClN3/c14-12-6-3-5-11-9-16-13(17(11)12)8-10-4-1-2-7-15-10/h3,5-6,9-10,15H,1-2,4,7-8H2. The maximum atomic E-state index is 6.22. The van der Waals surface area contributed by atoms with E-state index in [1.807, 2.05) is 28.8 Å². The second kappa shape index (κ2) is 4.67. The Kier molecular flexibility index (Phi) is 3.04. The van der Waals surface area contributed by atoms with Crippen LogP contribution in [0.15, 0.2) is 24.4 Å². The largest absolute Gasteiger partial charge is 0.314 e. The van der Waals surface area contributed by atoms with Crippen LogP contribution in [-0.4, -0.2) is 22.0 Å². The van der Waals surface area contributed by atoms with Crippen molar-refractivity contribution in [2.75, 3.05) is 6.54 Å². The molecule has 1 N–H and O–H groups in total. The summed E-state index contributed by atoms with van der Waals surface area (Å²) < 4.78 is 2.04. The number of imidazole rings is 1. The second-order valence-corrected chi connectivity index (χ2v) is 5.02. The number of hydrogen-bond acceptors (Lipinski definition) is 2. The highest BCUT2D eigenvalue weighted by atomic mass is 35.5. The van der Waals surface area contributed by atoms with Gasteiger partial charge in [0.1, 0.15) is 11.0 Å². The lowest BCUT2D eigenvalue weighted by Gasteiger charge is -2.22. The van der Waals surface area contributed by atoms with Crippen LogP contribution in [-0.2, 0) is 6.42 Å². The van der Waals surface area contributed by atoms with Gasteiger partial charge in [0, 0.05) is 12.5 Å². The van der Waals surface area contributed by atoms with Crippen molar-refractivity contribution in [3.63, 3.8) is 0 Å². The van der Waals surface area contributed by atoms with E-state index in [1.165, 1.54) is 19.3 Å². The van der Waals surface area contributed by atoms with Gasteiger partial charge in [0.05, 0.1) is 11.7 Å². The van der Waals surface area contributed by atoms with Crippen LogP contribution in [0.1, 0.15) is 25.1 Å². The first-order valence-corrected chi connectivity index (χ1v) is 6.56. The monoisotopic (exact) mass is 249 g/mol. The fourth-order valence-electron chi connectivity index (χ4n) is 2.53. The summed E-state index contributed by atoms with van der Waals surface area (Å²) in [7, 11) is 0. The molecule has 0 bridgehead atoms. The minimum Gasteiger partial charge on any atom is -0.314 e. The van der Waals surface area contributed by atoms with Gasteiger partial charge >= 0.3 is 0 Å². The molecule has 2 aromatic rings. The second-order valence-electron chi connectivity index (χ2n) is 4.63. The molecule has 0 radical (unpaired) electrons. The van der Waals surface area contributed by atoms with Crippen molar-refractivity contribution < 1.29 is 0 Å². The first kappa shape index (κ1) is 11.1. The molecule has 3 rings (SSSR count). The van der Waals surface area contributed by atoms with Crippen molar-refractivity contribution in [2.45, 2.75) is 31.7 Å².